The van der Waals surface area contributed by atoms with Crippen molar-refractivity contribution in [2.45, 2.75) is 51.2 Å². The van der Waals surface area contributed by atoms with Crippen LogP contribution in [0.1, 0.15) is 72.6 Å². The number of hydrogen-bond acceptors (Lipinski definition) is 6. The molecule has 2 atom stereocenters. The number of anilines is 1. The molecule has 0 saturated heterocycles. The largest absolute Gasteiger partial charge is 0.465 e. The number of methoxy groups -OCH3 is 1. The number of nitrogens with one attached hydrogen (secondary N) is 1. The first-order valence-electron chi connectivity index (χ1n) is 11.3. The van der Waals surface area contributed by atoms with E-state index in [1.54, 1.807) is 52.1 Å². The van der Waals surface area contributed by atoms with Crippen LogP contribution in [0.5, 0.6) is 0 Å². The number of carbonyl (C=O) groups is 2. The van der Waals surface area contributed by atoms with Gasteiger partial charge in [-0.25, -0.2) is 18.0 Å². The first-order chi connectivity index (χ1) is 16.6. The van der Waals surface area contributed by atoms with Gasteiger partial charge in [-0.05, 0) is 74.6 Å². The zero-order valence-corrected chi connectivity index (χ0v) is 23.3. The predicted octanol–water partition coefficient (Wildman–Crippen LogP) is 5.99. The molecule has 0 aliphatic heterocycles. The molecule has 196 valence electrons. The van der Waals surface area contributed by atoms with Gasteiger partial charge in [0, 0.05) is 13.0 Å². The molecule has 1 amide bonds. The van der Waals surface area contributed by atoms with E-state index in [9.17, 15) is 18.0 Å². The number of hydrogen-bond donors (Lipinski definition) is 1. The van der Waals surface area contributed by atoms with E-state index in [0.29, 0.717) is 28.5 Å². The summed E-state index contributed by atoms with van der Waals surface area (Å²) in [6.07, 6.45) is 1.67. The number of nitrogens with zero attached hydrogens (tertiary/aromatic N) is 1. The van der Waals surface area contributed by atoms with Gasteiger partial charge in [0.2, 0.25) is 10.0 Å². The number of carbonyl (C=O) groups excluding carboxylic acids is 2. The Hall–Kier alpha value is -2.49. The molecule has 1 aliphatic carbocycles. The third kappa shape index (κ3) is 6.44. The molecule has 0 unspecified atom stereocenters. The van der Waals surface area contributed by atoms with Crippen LogP contribution in [-0.2, 0) is 19.5 Å². The maximum absolute atomic E-state index is 12.9. The topological polar surface area (TPSA) is 102 Å². The number of esters is 1. The second kappa shape index (κ2) is 10.5. The fourth-order valence-electron chi connectivity index (χ4n) is 4.36. The van der Waals surface area contributed by atoms with Crippen LogP contribution < -0.4 is 4.72 Å². The molecule has 11 heteroatoms. The Kier molecular flexibility index (Phi) is 8.17. The van der Waals surface area contributed by atoms with Gasteiger partial charge in [0.05, 0.1) is 40.7 Å². The Morgan fingerprint density at radius 2 is 1.72 bits per heavy atom. The standard InChI is InChI=1S/C25H30Cl2N2O6S/c1-25(2,3)35-24(31)29(4)22-10-8-15(14-7-9-19(26)20(27)11-14)16-12-18(23(30)34-5)21(13-17(16)22)28-36(6,32)33/h7,9,11-13,15,22,28H,8,10H2,1-6H3/t15-,22-/m0/s1. The van der Waals surface area contributed by atoms with Crippen molar-refractivity contribution in [3.8, 4) is 0 Å². The predicted molar refractivity (Wildman–Crippen MR) is 141 cm³/mol. The molecule has 0 heterocycles. The average Bonchev–Trinajstić information content (AvgIpc) is 2.76. The lowest BCUT2D eigenvalue weighted by atomic mass is 9.75. The highest BCUT2D eigenvalue weighted by molar-refractivity contribution is 7.92. The SMILES string of the molecule is COC(=O)c1cc2c(cc1NS(C)(=O)=O)[C@@H](N(C)C(=O)OC(C)(C)C)CC[C@H]2c1ccc(Cl)c(Cl)c1. The molecule has 36 heavy (non-hydrogen) atoms. The number of amides is 1. The van der Waals surface area contributed by atoms with Crippen molar-refractivity contribution >= 4 is 51.0 Å². The first kappa shape index (κ1) is 28.1. The normalized spacial score (nSPS) is 17.7. The zero-order valence-electron chi connectivity index (χ0n) is 21.0. The third-order valence-electron chi connectivity index (χ3n) is 5.88. The summed E-state index contributed by atoms with van der Waals surface area (Å²) in [7, 11) is -0.855. The van der Waals surface area contributed by atoms with E-state index in [4.69, 9.17) is 32.7 Å². The molecule has 1 N–H and O–H groups in total. The van der Waals surface area contributed by atoms with Crippen LogP contribution in [0.4, 0.5) is 10.5 Å². The van der Waals surface area contributed by atoms with Crippen LogP contribution in [0.25, 0.3) is 0 Å². The molecular formula is C25H30Cl2N2O6S. The number of halogens is 2. The molecule has 0 fully saturated rings. The van der Waals surface area contributed by atoms with Crippen molar-refractivity contribution in [2.24, 2.45) is 0 Å². The number of ether oxygens (including phenoxy) is 2. The molecule has 0 bridgehead atoms. The van der Waals surface area contributed by atoms with E-state index in [2.05, 4.69) is 4.72 Å². The minimum absolute atomic E-state index is 0.0623. The van der Waals surface area contributed by atoms with Gasteiger partial charge in [-0.3, -0.25) is 4.72 Å². The van der Waals surface area contributed by atoms with Crippen LogP contribution in [0, 0.1) is 0 Å². The van der Waals surface area contributed by atoms with Crippen LogP contribution in [0.15, 0.2) is 30.3 Å². The summed E-state index contributed by atoms with van der Waals surface area (Å²) < 4.78 is 37.1. The summed E-state index contributed by atoms with van der Waals surface area (Å²) in [6, 6.07) is 8.13. The average molecular weight is 557 g/mol. The Labute approximate surface area is 221 Å². The number of benzene rings is 2. The molecule has 0 spiro atoms. The molecule has 0 radical (unpaired) electrons. The Balaban J connectivity index is 2.22. The molecule has 2 aromatic rings. The monoisotopic (exact) mass is 556 g/mol. The van der Waals surface area contributed by atoms with E-state index < -0.39 is 33.7 Å². The Morgan fingerprint density at radius 3 is 2.28 bits per heavy atom. The maximum atomic E-state index is 12.9. The van der Waals surface area contributed by atoms with Gasteiger partial charge in [-0.15, -0.1) is 0 Å². The van der Waals surface area contributed by atoms with Crippen LogP contribution >= 0.6 is 23.2 Å². The van der Waals surface area contributed by atoms with Crippen LogP contribution in [-0.4, -0.2) is 51.4 Å². The number of rotatable bonds is 5. The summed E-state index contributed by atoms with van der Waals surface area (Å²) in [5.41, 5.74) is 1.75. The molecule has 3 rings (SSSR count). The quantitative estimate of drug-likeness (QED) is 0.454. The van der Waals surface area contributed by atoms with Crippen LogP contribution in [0.3, 0.4) is 0 Å². The summed E-state index contributed by atoms with van der Waals surface area (Å²) in [5, 5.41) is 0.814. The summed E-state index contributed by atoms with van der Waals surface area (Å²) in [5.74, 6) is -0.881. The van der Waals surface area contributed by atoms with Crippen molar-refractivity contribution in [3.63, 3.8) is 0 Å². The number of fused-ring (bicyclic) bond motifs is 1. The van der Waals surface area contributed by atoms with Crippen molar-refractivity contribution < 1.29 is 27.5 Å². The van der Waals surface area contributed by atoms with Gasteiger partial charge >= 0.3 is 12.1 Å². The van der Waals surface area contributed by atoms with Gasteiger partial charge < -0.3 is 14.4 Å². The second-order valence-electron chi connectivity index (χ2n) is 9.80. The minimum atomic E-state index is -3.72. The molecule has 2 aromatic carbocycles. The van der Waals surface area contributed by atoms with Gasteiger partial charge in [-0.2, -0.15) is 0 Å². The zero-order chi connectivity index (χ0) is 27.0. The molecular weight excluding hydrogens is 527 g/mol. The van der Waals surface area contributed by atoms with Crippen LogP contribution in [0.2, 0.25) is 10.0 Å². The minimum Gasteiger partial charge on any atom is -0.465 e. The fraction of sp³-hybridized carbons (Fsp3) is 0.440. The summed E-state index contributed by atoms with van der Waals surface area (Å²) in [4.78, 5) is 27.1. The van der Waals surface area contributed by atoms with Gasteiger partial charge in [-0.1, -0.05) is 29.3 Å². The smallest absolute Gasteiger partial charge is 0.410 e. The summed E-state index contributed by atoms with van der Waals surface area (Å²) in [6.45, 7) is 5.35. The Morgan fingerprint density at radius 1 is 1.06 bits per heavy atom. The second-order valence-corrected chi connectivity index (χ2v) is 12.4. The molecule has 1 aliphatic rings. The highest BCUT2D eigenvalue weighted by Gasteiger charge is 2.36. The lowest BCUT2D eigenvalue weighted by molar-refractivity contribution is 0.0202. The lowest BCUT2D eigenvalue weighted by Gasteiger charge is -2.38. The van der Waals surface area contributed by atoms with Gasteiger partial charge in [0.15, 0.2) is 0 Å². The van der Waals surface area contributed by atoms with E-state index in [1.807, 2.05) is 6.07 Å². The molecule has 8 nitrogen and oxygen atoms in total. The fourth-order valence-corrected chi connectivity index (χ4v) is 5.24. The van der Waals surface area contributed by atoms with E-state index in [-0.39, 0.29) is 17.2 Å². The molecule has 0 saturated carbocycles. The van der Waals surface area contributed by atoms with Gasteiger partial charge in [0.1, 0.15) is 5.60 Å². The lowest BCUT2D eigenvalue weighted by Crippen LogP contribution is -2.38. The highest BCUT2D eigenvalue weighted by atomic mass is 35.5. The van der Waals surface area contributed by atoms with Crippen molar-refractivity contribution in [1.82, 2.24) is 4.90 Å². The highest BCUT2D eigenvalue weighted by Crippen LogP contribution is 2.46. The van der Waals surface area contributed by atoms with E-state index in [1.165, 1.54) is 12.0 Å². The first-order valence-corrected chi connectivity index (χ1v) is 13.9. The van der Waals surface area contributed by atoms with Crippen molar-refractivity contribution in [2.75, 3.05) is 25.1 Å². The molecule has 0 aromatic heterocycles. The third-order valence-corrected chi connectivity index (χ3v) is 7.21. The van der Waals surface area contributed by atoms with Gasteiger partial charge in [0.25, 0.3) is 0 Å². The van der Waals surface area contributed by atoms with E-state index in [0.717, 1.165) is 17.4 Å². The summed E-state index contributed by atoms with van der Waals surface area (Å²) >= 11 is 12.4. The van der Waals surface area contributed by atoms with Crippen molar-refractivity contribution in [1.29, 1.82) is 0 Å². The van der Waals surface area contributed by atoms with Crippen molar-refractivity contribution in [3.05, 3.63) is 62.6 Å². The number of sulfonamides is 1. The Bertz CT molecular complexity index is 1290. The maximum Gasteiger partial charge on any atom is 0.410 e. The van der Waals surface area contributed by atoms with E-state index >= 15 is 0 Å².